The van der Waals surface area contributed by atoms with E-state index < -0.39 is 12.4 Å². The topological polar surface area (TPSA) is 68.8 Å². The molecule has 2 unspecified atom stereocenters. The molecule has 2 N–H and O–H groups in total. The van der Waals surface area contributed by atoms with Crippen LogP contribution >= 0.6 is 0 Å². The van der Waals surface area contributed by atoms with E-state index in [4.69, 9.17) is 9.47 Å². The average molecular weight is 440 g/mol. The molecule has 0 heterocycles. The van der Waals surface area contributed by atoms with E-state index in [0.717, 1.165) is 24.1 Å². The number of benzene rings is 2. The molecule has 0 aromatic heterocycles. The van der Waals surface area contributed by atoms with Gasteiger partial charge in [0.05, 0.1) is 19.8 Å². The molecule has 0 radical (unpaired) electrons. The Kier molecular flexibility index (Phi) is 8.56. The average Bonchev–Trinajstić information content (AvgIpc) is 2.72. The van der Waals surface area contributed by atoms with Crippen LogP contribution in [0, 0.1) is 0 Å². The van der Waals surface area contributed by atoms with E-state index in [1.807, 2.05) is 32.0 Å². The lowest BCUT2D eigenvalue weighted by Gasteiger charge is -2.21. The van der Waals surface area contributed by atoms with Crippen molar-refractivity contribution in [1.29, 1.82) is 0 Å². The molecule has 0 saturated carbocycles. The van der Waals surface area contributed by atoms with Gasteiger partial charge in [0.25, 0.3) is 0 Å². The van der Waals surface area contributed by atoms with Crippen LogP contribution in [0.4, 0.5) is 18.9 Å². The first kappa shape index (κ1) is 24.3. The van der Waals surface area contributed by atoms with Gasteiger partial charge in [-0.25, -0.2) is 0 Å². The fourth-order valence-electron chi connectivity index (χ4n) is 2.82. The molecule has 0 aliphatic rings. The minimum absolute atomic E-state index is 0.169. The zero-order chi connectivity index (χ0) is 23.0. The van der Waals surface area contributed by atoms with Gasteiger partial charge < -0.3 is 19.5 Å². The molecule has 2 atom stereocenters. The minimum Gasteiger partial charge on any atom is -0.493 e. The van der Waals surface area contributed by atoms with E-state index in [1.54, 1.807) is 14.0 Å². The van der Waals surface area contributed by atoms with Gasteiger partial charge in [-0.15, -0.1) is 13.2 Å². The molecule has 9 heteroatoms. The second-order valence-electron chi connectivity index (χ2n) is 6.93. The Morgan fingerprint density at radius 3 is 2.32 bits per heavy atom. The predicted molar refractivity (Wildman–Crippen MR) is 112 cm³/mol. The fraction of sp³-hybridized carbons (Fsp3) is 0.409. The van der Waals surface area contributed by atoms with Gasteiger partial charge in [0.2, 0.25) is 5.91 Å². The summed E-state index contributed by atoms with van der Waals surface area (Å²) in [7, 11) is 1.57. The minimum atomic E-state index is -4.76. The smallest absolute Gasteiger partial charge is 0.493 e. The number of hydrogen-bond donors (Lipinski definition) is 2. The Bertz CT molecular complexity index is 857. The zero-order valence-corrected chi connectivity index (χ0v) is 17.9. The molecule has 0 aliphatic heterocycles. The van der Waals surface area contributed by atoms with E-state index in [9.17, 15) is 18.0 Å². The number of rotatable bonds is 10. The summed E-state index contributed by atoms with van der Waals surface area (Å²) in [5, 5.41) is 5.85. The number of amides is 1. The summed E-state index contributed by atoms with van der Waals surface area (Å²) in [4.78, 5) is 12.5. The third kappa shape index (κ3) is 7.67. The molecule has 0 aliphatic carbocycles. The van der Waals surface area contributed by atoms with Crippen LogP contribution < -0.4 is 24.8 Å². The second kappa shape index (κ2) is 10.9. The van der Waals surface area contributed by atoms with Gasteiger partial charge >= 0.3 is 6.36 Å². The largest absolute Gasteiger partial charge is 0.573 e. The molecule has 0 bridgehead atoms. The summed E-state index contributed by atoms with van der Waals surface area (Å²) in [6.07, 6.45) is -3.88. The third-order valence-electron chi connectivity index (χ3n) is 4.40. The SMILES string of the molecule is CCCOc1ccc(C(C)NC(C)C(=O)Nc2ccc(OC(F)(F)F)cc2)cc1OC. The maximum absolute atomic E-state index is 12.5. The van der Waals surface area contributed by atoms with E-state index in [2.05, 4.69) is 15.4 Å². The summed E-state index contributed by atoms with van der Waals surface area (Å²) >= 11 is 0. The first-order valence-corrected chi connectivity index (χ1v) is 9.86. The van der Waals surface area contributed by atoms with Gasteiger partial charge in [-0.1, -0.05) is 13.0 Å². The van der Waals surface area contributed by atoms with Crippen molar-refractivity contribution in [3.63, 3.8) is 0 Å². The summed E-state index contributed by atoms with van der Waals surface area (Å²) in [6, 6.07) is 9.81. The van der Waals surface area contributed by atoms with E-state index in [0.29, 0.717) is 23.8 Å². The van der Waals surface area contributed by atoms with Crippen molar-refractivity contribution < 1.29 is 32.2 Å². The summed E-state index contributed by atoms with van der Waals surface area (Å²) in [5.74, 6) is 0.582. The first-order chi connectivity index (χ1) is 14.6. The maximum Gasteiger partial charge on any atom is 0.573 e. The molecule has 0 saturated heterocycles. The summed E-state index contributed by atoms with van der Waals surface area (Å²) in [6.45, 7) is 6.21. The highest BCUT2D eigenvalue weighted by Crippen LogP contribution is 2.30. The van der Waals surface area contributed by atoms with Crippen molar-refractivity contribution in [1.82, 2.24) is 5.32 Å². The summed E-state index contributed by atoms with van der Waals surface area (Å²) < 4.78 is 51.5. The number of nitrogens with one attached hydrogen (secondary N) is 2. The van der Waals surface area contributed by atoms with Gasteiger partial charge in [0.1, 0.15) is 5.75 Å². The lowest BCUT2D eigenvalue weighted by Crippen LogP contribution is -2.39. The van der Waals surface area contributed by atoms with E-state index in [-0.39, 0.29) is 17.7 Å². The molecule has 1 amide bonds. The van der Waals surface area contributed by atoms with Crippen molar-refractivity contribution >= 4 is 11.6 Å². The van der Waals surface area contributed by atoms with Crippen LogP contribution in [0.1, 0.15) is 38.8 Å². The monoisotopic (exact) mass is 440 g/mol. The van der Waals surface area contributed by atoms with Gasteiger partial charge in [0, 0.05) is 11.7 Å². The highest BCUT2D eigenvalue weighted by molar-refractivity contribution is 5.94. The lowest BCUT2D eigenvalue weighted by molar-refractivity contribution is -0.274. The molecular formula is C22H27F3N2O4. The Hall–Kier alpha value is -2.94. The Morgan fingerprint density at radius 2 is 1.74 bits per heavy atom. The molecule has 0 spiro atoms. The molecule has 2 rings (SSSR count). The fourth-order valence-corrected chi connectivity index (χ4v) is 2.82. The van der Waals surface area contributed by atoms with Crippen molar-refractivity contribution in [2.24, 2.45) is 0 Å². The van der Waals surface area contributed by atoms with Crippen LogP contribution in [0.2, 0.25) is 0 Å². The highest BCUT2D eigenvalue weighted by Gasteiger charge is 2.31. The van der Waals surface area contributed by atoms with Crippen LogP contribution in [0.25, 0.3) is 0 Å². The van der Waals surface area contributed by atoms with E-state index in [1.165, 1.54) is 12.1 Å². The maximum atomic E-state index is 12.5. The lowest BCUT2D eigenvalue weighted by atomic mass is 10.1. The number of hydrogen-bond acceptors (Lipinski definition) is 5. The Labute approximate surface area is 179 Å². The van der Waals surface area contributed by atoms with Crippen LogP contribution in [0.5, 0.6) is 17.2 Å². The number of anilines is 1. The quantitative estimate of drug-likeness (QED) is 0.541. The van der Waals surface area contributed by atoms with Crippen LogP contribution in [0.15, 0.2) is 42.5 Å². The molecule has 170 valence electrons. The Morgan fingerprint density at radius 1 is 1.06 bits per heavy atom. The normalized spacial score (nSPS) is 13.3. The van der Waals surface area contributed by atoms with E-state index >= 15 is 0 Å². The molecule has 2 aromatic rings. The summed E-state index contributed by atoms with van der Waals surface area (Å²) in [5.41, 5.74) is 1.27. The predicted octanol–water partition coefficient (Wildman–Crippen LogP) is 5.06. The second-order valence-corrected chi connectivity index (χ2v) is 6.93. The van der Waals surface area contributed by atoms with Crippen LogP contribution in [-0.4, -0.2) is 32.0 Å². The zero-order valence-electron chi connectivity index (χ0n) is 17.9. The van der Waals surface area contributed by atoms with Gasteiger partial charge in [0.15, 0.2) is 11.5 Å². The molecule has 6 nitrogen and oxygen atoms in total. The number of methoxy groups -OCH3 is 1. The number of carbonyl (C=O) groups excluding carboxylic acids is 1. The first-order valence-electron chi connectivity index (χ1n) is 9.86. The standard InChI is InChI=1S/C22H27F3N2O4/c1-5-12-30-19-11-6-16(13-20(19)29-4)14(2)26-15(3)21(28)27-17-7-9-18(10-8-17)31-22(23,24)25/h6-11,13-15,26H,5,12H2,1-4H3,(H,27,28). The van der Waals surface area contributed by atoms with Crippen molar-refractivity contribution in [3.05, 3.63) is 48.0 Å². The Balaban J connectivity index is 1.96. The number of halogens is 3. The van der Waals surface area contributed by atoms with Crippen molar-refractivity contribution in [2.45, 2.75) is 45.6 Å². The molecule has 2 aromatic carbocycles. The van der Waals surface area contributed by atoms with Crippen molar-refractivity contribution in [2.75, 3.05) is 19.0 Å². The van der Waals surface area contributed by atoms with Crippen LogP contribution in [-0.2, 0) is 4.79 Å². The van der Waals surface area contributed by atoms with Gasteiger partial charge in [-0.3, -0.25) is 10.1 Å². The van der Waals surface area contributed by atoms with Crippen LogP contribution in [0.3, 0.4) is 0 Å². The number of ether oxygens (including phenoxy) is 3. The number of carbonyl (C=O) groups is 1. The third-order valence-corrected chi connectivity index (χ3v) is 4.40. The molecule has 0 fully saturated rings. The number of alkyl halides is 3. The van der Waals surface area contributed by atoms with Crippen molar-refractivity contribution in [3.8, 4) is 17.2 Å². The van der Waals surface area contributed by atoms with Gasteiger partial charge in [-0.05, 0) is 62.2 Å². The molecule has 31 heavy (non-hydrogen) atoms. The highest BCUT2D eigenvalue weighted by atomic mass is 19.4. The molecular weight excluding hydrogens is 413 g/mol. The van der Waals surface area contributed by atoms with Gasteiger partial charge in [-0.2, -0.15) is 0 Å².